The second-order valence-electron chi connectivity index (χ2n) is 10.8. The highest BCUT2D eigenvalue weighted by Crippen LogP contribution is 2.43. The van der Waals surface area contributed by atoms with Crippen molar-refractivity contribution in [2.75, 3.05) is 33.0 Å². The number of hydrogen-bond acceptors (Lipinski definition) is 8. The Morgan fingerprint density at radius 1 is 0.727 bits per heavy atom. The zero-order valence-electron chi connectivity index (χ0n) is 27.4. The molecule has 0 aromatic heterocycles. The zero-order valence-corrected chi connectivity index (χ0v) is 28.3. The van der Waals surface area contributed by atoms with Crippen molar-refractivity contribution in [1.82, 2.24) is 0 Å². The van der Waals surface area contributed by atoms with E-state index in [1.54, 1.807) is 0 Å². The summed E-state index contributed by atoms with van der Waals surface area (Å²) in [5, 5.41) is 18.2. The van der Waals surface area contributed by atoms with Crippen molar-refractivity contribution in [2.24, 2.45) is 0 Å². The van der Waals surface area contributed by atoms with E-state index in [0.29, 0.717) is 13.0 Å². The molecule has 0 aliphatic carbocycles. The minimum absolute atomic E-state index is 0.0312. The molecule has 3 atom stereocenters. The van der Waals surface area contributed by atoms with Gasteiger partial charge in [-0.3, -0.25) is 13.8 Å². The van der Waals surface area contributed by atoms with Crippen LogP contribution in [-0.2, 0) is 27.9 Å². The van der Waals surface area contributed by atoms with Crippen LogP contribution < -0.4 is 0 Å². The van der Waals surface area contributed by atoms with Gasteiger partial charge in [-0.2, -0.15) is 0 Å². The van der Waals surface area contributed by atoms with Gasteiger partial charge in [0.1, 0.15) is 12.2 Å². The van der Waals surface area contributed by atoms with Crippen LogP contribution in [0.3, 0.4) is 0 Å². The minimum Gasteiger partial charge on any atom is -0.457 e. The van der Waals surface area contributed by atoms with Gasteiger partial charge < -0.3 is 24.6 Å². The number of esters is 1. The second-order valence-corrected chi connectivity index (χ2v) is 12.3. The predicted molar refractivity (Wildman–Crippen MR) is 177 cm³/mol. The van der Waals surface area contributed by atoms with Crippen molar-refractivity contribution in [2.45, 2.75) is 129 Å². The number of carbonyl (C=O) groups is 1. The average Bonchev–Trinajstić information content (AvgIpc) is 3.01. The fraction of sp³-hybridized carbons (Fsp3) is 0.735. The standard InChI is InChI=1S/C34H61O9P/c1-3-5-7-9-11-13-14-15-16-17-18-19-20-22-24-26-34(37)43-33(31-42-44(38,39)41-29-32(36)28-35)30-40-27-25-23-21-12-10-8-6-4-2/h5,7,11,13,15-16,18-19,32-33,35-36H,3-4,6,8-10,12,14,17,20-31H2,1-2H3,(H,38,39)/b7-5-,13-11-,16-15-,19-18-. The number of rotatable bonds is 31. The van der Waals surface area contributed by atoms with Gasteiger partial charge in [-0.1, -0.05) is 107 Å². The topological polar surface area (TPSA) is 132 Å². The molecule has 0 saturated heterocycles. The van der Waals surface area contributed by atoms with Crippen LogP contribution in [0.25, 0.3) is 0 Å². The van der Waals surface area contributed by atoms with Gasteiger partial charge in [0, 0.05) is 13.0 Å². The molecule has 0 aliphatic heterocycles. The molecule has 0 saturated carbocycles. The SMILES string of the molecule is CC/C=C\C/C=C\C/C=C\C/C=C\CCCCC(=O)OC(COCCCCCCCCCC)COP(=O)(O)OCC(O)CO. The molecular formula is C34H61O9P. The summed E-state index contributed by atoms with van der Waals surface area (Å²) in [7, 11) is -4.51. The van der Waals surface area contributed by atoms with Crippen LogP contribution >= 0.6 is 7.82 Å². The second kappa shape index (κ2) is 31.4. The summed E-state index contributed by atoms with van der Waals surface area (Å²) in [6.45, 7) is 3.28. The van der Waals surface area contributed by atoms with E-state index in [2.05, 4.69) is 67.0 Å². The fourth-order valence-corrected chi connectivity index (χ4v) is 4.78. The Kier molecular flexibility index (Phi) is 30.3. The van der Waals surface area contributed by atoms with Gasteiger partial charge in [0.2, 0.25) is 0 Å². The molecular weight excluding hydrogens is 583 g/mol. The Hall–Kier alpha value is -1.58. The van der Waals surface area contributed by atoms with Gasteiger partial charge in [0.05, 0.1) is 26.4 Å². The lowest BCUT2D eigenvalue weighted by Crippen LogP contribution is -2.29. The van der Waals surface area contributed by atoms with E-state index in [9.17, 15) is 19.4 Å². The number of phosphoric acid groups is 1. The molecule has 0 amide bonds. The molecule has 0 radical (unpaired) electrons. The summed E-state index contributed by atoms with van der Waals surface area (Å²) < 4.78 is 33.0. The van der Waals surface area contributed by atoms with Crippen molar-refractivity contribution in [3.63, 3.8) is 0 Å². The van der Waals surface area contributed by atoms with Gasteiger partial charge in [-0.25, -0.2) is 4.57 Å². The predicted octanol–water partition coefficient (Wildman–Crippen LogP) is 7.91. The summed E-state index contributed by atoms with van der Waals surface area (Å²) >= 11 is 0. The molecule has 10 heteroatoms. The van der Waals surface area contributed by atoms with Crippen molar-refractivity contribution in [3.8, 4) is 0 Å². The minimum atomic E-state index is -4.51. The molecule has 0 bridgehead atoms. The Morgan fingerprint density at radius 2 is 1.30 bits per heavy atom. The average molecular weight is 645 g/mol. The van der Waals surface area contributed by atoms with Crippen LogP contribution in [0, 0.1) is 0 Å². The van der Waals surface area contributed by atoms with Crippen LogP contribution in [0.4, 0.5) is 0 Å². The van der Waals surface area contributed by atoms with E-state index in [1.807, 2.05) is 0 Å². The van der Waals surface area contributed by atoms with Crippen LogP contribution in [0.2, 0.25) is 0 Å². The molecule has 0 aromatic carbocycles. The summed E-state index contributed by atoms with van der Waals surface area (Å²) in [6, 6.07) is 0. The number of phosphoric ester groups is 1. The van der Waals surface area contributed by atoms with E-state index in [-0.39, 0.29) is 13.0 Å². The molecule has 0 spiro atoms. The maximum Gasteiger partial charge on any atom is 0.472 e. The first-order valence-corrected chi connectivity index (χ1v) is 18.1. The molecule has 256 valence electrons. The number of carbonyl (C=O) groups excluding carboxylic acids is 1. The number of hydrogen-bond donors (Lipinski definition) is 3. The van der Waals surface area contributed by atoms with Crippen molar-refractivity contribution >= 4 is 13.8 Å². The van der Waals surface area contributed by atoms with Crippen LogP contribution in [-0.4, -0.2) is 66.3 Å². The summed E-state index contributed by atoms with van der Waals surface area (Å²) in [5.41, 5.74) is 0. The first-order valence-electron chi connectivity index (χ1n) is 16.6. The van der Waals surface area contributed by atoms with Crippen LogP contribution in [0.1, 0.15) is 117 Å². The molecule has 3 N–H and O–H groups in total. The van der Waals surface area contributed by atoms with Gasteiger partial charge >= 0.3 is 13.8 Å². The Morgan fingerprint density at radius 3 is 1.91 bits per heavy atom. The maximum absolute atomic E-state index is 12.5. The largest absolute Gasteiger partial charge is 0.472 e. The molecule has 0 rings (SSSR count). The van der Waals surface area contributed by atoms with Crippen molar-refractivity contribution in [3.05, 3.63) is 48.6 Å². The third kappa shape index (κ3) is 30.4. The quantitative estimate of drug-likeness (QED) is 0.0298. The van der Waals surface area contributed by atoms with E-state index in [0.717, 1.165) is 57.8 Å². The van der Waals surface area contributed by atoms with Crippen LogP contribution in [0.15, 0.2) is 48.6 Å². The number of unbranched alkanes of at least 4 members (excludes halogenated alkanes) is 9. The lowest BCUT2D eigenvalue weighted by molar-refractivity contribution is -0.154. The van der Waals surface area contributed by atoms with E-state index < -0.39 is 45.8 Å². The maximum atomic E-state index is 12.5. The monoisotopic (exact) mass is 644 g/mol. The molecule has 0 heterocycles. The molecule has 3 unspecified atom stereocenters. The summed E-state index contributed by atoms with van der Waals surface area (Å²) in [5.74, 6) is -0.427. The third-order valence-corrected chi connectivity index (χ3v) is 7.48. The fourth-order valence-electron chi connectivity index (χ4n) is 3.99. The number of aliphatic hydroxyl groups excluding tert-OH is 2. The first kappa shape index (κ1) is 42.4. The summed E-state index contributed by atoms with van der Waals surface area (Å²) in [4.78, 5) is 22.3. The van der Waals surface area contributed by atoms with Gasteiger partial charge in [0.15, 0.2) is 0 Å². The lowest BCUT2D eigenvalue weighted by atomic mass is 10.1. The molecule has 44 heavy (non-hydrogen) atoms. The first-order chi connectivity index (χ1) is 21.3. The van der Waals surface area contributed by atoms with E-state index in [1.165, 1.54) is 32.1 Å². The number of aliphatic hydroxyl groups is 2. The van der Waals surface area contributed by atoms with Crippen molar-refractivity contribution in [1.29, 1.82) is 0 Å². The third-order valence-electron chi connectivity index (χ3n) is 6.53. The number of allylic oxidation sites excluding steroid dienone is 8. The highest BCUT2D eigenvalue weighted by atomic mass is 31.2. The zero-order chi connectivity index (χ0) is 32.6. The Bertz CT molecular complexity index is 826. The number of ether oxygens (including phenoxy) is 2. The van der Waals surface area contributed by atoms with Gasteiger partial charge in [-0.15, -0.1) is 0 Å². The Labute approximate surface area is 267 Å². The van der Waals surface area contributed by atoms with E-state index >= 15 is 0 Å². The normalized spacial score (nSPS) is 15.1. The highest BCUT2D eigenvalue weighted by Gasteiger charge is 2.26. The Balaban J connectivity index is 4.37. The lowest BCUT2D eigenvalue weighted by Gasteiger charge is -2.20. The molecule has 0 aliphatic rings. The van der Waals surface area contributed by atoms with E-state index in [4.69, 9.17) is 19.1 Å². The van der Waals surface area contributed by atoms with Gasteiger partial charge in [-0.05, 0) is 51.4 Å². The molecule has 0 fully saturated rings. The van der Waals surface area contributed by atoms with Gasteiger partial charge in [0.25, 0.3) is 0 Å². The molecule has 9 nitrogen and oxygen atoms in total. The van der Waals surface area contributed by atoms with Crippen LogP contribution in [0.5, 0.6) is 0 Å². The smallest absolute Gasteiger partial charge is 0.457 e. The molecule has 0 aromatic rings. The summed E-state index contributed by atoms with van der Waals surface area (Å²) in [6.07, 6.45) is 30.8. The highest BCUT2D eigenvalue weighted by molar-refractivity contribution is 7.47. The van der Waals surface area contributed by atoms with Crippen molar-refractivity contribution < 1.29 is 43.0 Å².